The Balaban J connectivity index is 3.01. The lowest BCUT2D eigenvalue weighted by molar-refractivity contribution is -0.152. The normalized spacial score (nSPS) is 25.0. The van der Waals surface area contributed by atoms with Gasteiger partial charge < -0.3 is 5.11 Å². The summed E-state index contributed by atoms with van der Waals surface area (Å²) in [6.07, 6.45) is 2.42. The molecular weight excluding hydrogens is 280 g/mol. The summed E-state index contributed by atoms with van der Waals surface area (Å²) < 4.78 is 27.8. The summed E-state index contributed by atoms with van der Waals surface area (Å²) in [5, 5.41) is 9.52. The molecule has 0 saturated carbocycles. The second-order valence-electron chi connectivity index (χ2n) is 5.36. The Morgan fingerprint density at radius 1 is 1.30 bits per heavy atom. The van der Waals surface area contributed by atoms with Crippen LogP contribution in [0, 0.1) is 5.41 Å². The van der Waals surface area contributed by atoms with Crippen molar-refractivity contribution in [1.29, 1.82) is 0 Å². The molecule has 0 aromatic rings. The van der Waals surface area contributed by atoms with Crippen LogP contribution in [0.15, 0.2) is 0 Å². The molecule has 0 aliphatic carbocycles. The van der Waals surface area contributed by atoms with Crippen LogP contribution in [-0.4, -0.2) is 54.3 Å². The maximum absolute atomic E-state index is 12.5. The number of carbonyl (C=O) groups is 1. The first-order valence-electron chi connectivity index (χ1n) is 7.32. The van der Waals surface area contributed by atoms with E-state index in [-0.39, 0.29) is 6.54 Å². The van der Waals surface area contributed by atoms with E-state index in [0.717, 1.165) is 6.42 Å². The third kappa shape index (κ3) is 3.32. The molecular formula is C13H26N2O4S. The van der Waals surface area contributed by atoms with Crippen molar-refractivity contribution in [2.75, 3.05) is 26.2 Å². The zero-order chi connectivity index (χ0) is 15.4. The van der Waals surface area contributed by atoms with Crippen LogP contribution < -0.4 is 0 Å². The molecule has 0 aromatic carbocycles. The highest BCUT2D eigenvalue weighted by Gasteiger charge is 2.45. The highest BCUT2D eigenvalue weighted by atomic mass is 32.2. The maximum atomic E-state index is 12.5. The highest BCUT2D eigenvalue weighted by Crippen LogP contribution is 2.36. The van der Waals surface area contributed by atoms with Gasteiger partial charge in [-0.25, -0.2) is 0 Å². The van der Waals surface area contributed by atoms with Gasteiger partial charge >= 0.3 is 5.97 Å². The minimum Gasteiger partial charge on any atom is -0.481 e. The SMILES string of the molecule is CCCC1(C(=O)O)CCCN(S(=O)(=O)N(CC)CC)C1. The van der Waals surface area contributed by atoms with E-state index in [9.17, 15) is 18.3 Å². The standard InChI is InChI=1S/C13H26N2O4S/c1-4-8-13(12(16)17)9-7-10-15(11-13)20(18,19)14(5-2)6-3/h4-11H2,1-3H3,(H,16,17). The average Bonchev–Trinajstić information content (AvgIpc) is 2.40. The fourth-order valence-corrected chi connectivity index (χ4v) is 4.71. The van der Waals surface area contributed by atoms with E-state index in [0.29, 0.717) is 38.9 Å². The Morgan fingerprint density at radius 3 is 2.35 bits per heavy atom. The van der Waals surface area contributed by atoms with Crippen LogP contribution in [0.25, 0.3) is 0 Å². The first-order valence-corrected chi connectivity index (χ1v) is 8.72. The minimum atomic E-state index is -3.54. The quantitative estimate of drug-likeness (QED) is 0.774. The third-order valence-electron chi connectivity index (χ3n) is 4.08. The summed E-state index contributed by atoms with van der Waals surface area (Å²) in [5.41, 5.74) is -0.923. The van der Waals surface area contributed by atoms with Crippen molar-refractivity contribution in [2.45, 2.75) is 46.5 Å². The van der Waals surface area contributed by atoms with Gasteiger partial charge in [-0.1, -0.05) is 27.2 Å². The Labute approximate surface area is 121 Å². The van der Waals surface area contributed by atoms with Crippen molar-refractivity contribution in [1.82, 2.24) is 8.61 Å². The second kappa shape index (κ2) is 6.87. The van der Waals surface area contributed by atoms with Crippen molar-refractivity contribution in [2.24, 2.45) is 5.41 Å². The molecule has 1 aliphatic rings. The van der Waals surface area contributed by atoms with Gasteiger partial charge in [-0.15, -0.1) is 0 Å². The molecule has 0 bridgehead atoms. The molecule has 0 radical (unpaired) electrons. The van der Waals surface area contributed by atoms with Gasteiger partial charge in [0, 0.05) is 26.2 Å². The molecule has 118 valence electrons. The van der Waals surface area contributed by atoms with Gasteiger partial charge in [0.2, 0.25) is 0 Å². The molecule has 7 heteroatoms. The van der Waals surface area contributed by atoms with E-state index < -0.39 is 21.6 Å². The first kappa shape index (κ1) is 17.4. The van der Waals surface area contributed by atoms with Crippen molar-refractivity contribution < 1.29 is 18.3 Å². The van der Waals surface area contributed by atoms with Crippen LogP contribution in [-0.2, 0) is 15.0 Å². The number of carboxylic acid groups (broad SMARTS) is 1. The molecule has 1 heterocycles. The van der Waals surface area contributed by atoms with Crippen LogP contribution in [0.4, 0.5) is 0 Å². The number of rotatable bonds is 7. The van der Waals surface area contributed by atoms with Gasteiger partial charge in [-0.3, -0.25) is 4.79 Å². The van der Waals surface area contributed by atoms with E-state index in [2.05, 4.69) is 0 Å². The summed E-state index contributed by atoms with van der Waals surface area (Å²) >= 11 is 0. The maximum Gasteiger partial charge on any atom is 0.310 e. The molecule has 0 amide bonds. The Hall–Kier alpha value is -0.660. The molecule has 1 aliphatic heterocycles. The van der Waals surface area contributed by atoms with Crippen LogP contribution in [0.1, 0.15) is 46.5 Å². The van der Waals surface area contributed by atoms with E-state index in [1.54, 1.807) is 13.8 Å². The van der Waals surface area contributed by atoms with E-state index >= 15 is 0 Å². The zero-order valence-electron chi connectivity index (χ0n) is 12.6. The summed E-state index contributed by atoms with van der Waals surface area (Å²) in [6.45, 7) is 6.84. The molecule has 0 aromatic heterocycles. The van der Waals surface area contributed by atoms with Crippen molar-refractivity contribution in [3.63, 3.8) is 0 Å². The number of aliphatic carboxylic acids is 1. The smallest absolute Gasteiger partial charge is 0.310 e. The molecule has 1 atom stereocenters. The lowest BCUT2D eigenvalue weighted by atomic mass is 9.77. The summed E-state index contributed by atoms with van der Waals surface area (Å²) in [4.78, 5) is 11.6. The van der Waals surface area contributed by atoms with Crippen molar-refractivity contribution in [3.05, 3.63) is 0 Å². The van der Waals surface area contributed by atoms with Crippen LogP contribution in [0.3, 0.4) is 0 Å². The van der Waals surface area contributed by atoms with Gasteiger partial charge in [-0.2, -0.15) is 17.0 Å². The molecule has 1 saturated heterocycles. The first-order chi connectivity index (χ1) is 9.34. The molecule has 6 nitrogen and oxygen atoms in total. The lowest BCUT2D eigenvalue weighted by Gasteiger charge is -2.40. The highest BCUT2D eigenvalue weighted by molar-refractivity contribution is 7.86. The second-order valence-corrected chi connectivity index (χ2v) is 7.29. The number of hydrogen-bond acceptors (Lipinski definition) is 3. The monoisotopic (exact) mass is 306 g/mol. The average molecular weight is 306 g/mol. The van der Waals surface area contributed by atoms with Gasteiger partial charge in [0.15, 0.2) is 0 Å². The van der Waals surface area contributed by atoms with Crippen LogP contribution >= 0.6 is 0 Å². The molecule has 1 N–H and O–H groups in total. The predicted molar refractivity (Wildman–Crippen MR) is 77.6 cm³/mol. The van der Waals surface area contributed by atoms with Crippen molar-refractivity contribution in [3.8, 4) is 0 Å². The molecule has 1 rings (SSSR count). The summed E-state index contributed by atoms with van der Waals surface area (Å²) in [5.74, 6) is -0.876. The van der Waals surface area contributed by atoms with Crippen LogP contribution in [0.2, 0.25) is 0 Å². The van der Waals surface area contributed by atoms with Gasteiger partial charge in [-0.05, 0) is 19.3 Å². The number of nitrogens with zero attached hydrogens (tertiary/aromatic N) is 2. The van der Waals surface area contributed by atoms with Gasteiger partial charge in [0.25, 0.3) is 10.2 Å². The zero-order valence-corrected chi connectivity index (χ0v) is 13.4. The summed E-state index contributed by atoms with van der Waals surface area (Å²) in [7, 11) is -3.54. The number of hydrogen-bond donors (Lipinski definition) is 1. The largest absolute Gasteiger partial charge is 0.481 e. The Kier molecular flexibility index (Phi) is 5.97. The van der Waals surface area contributed by atoms with Crippen LogP contribution in [0.5, 0.6) is 0 Å². The fourth-order valence-electron chi connectivity index (χ4n) is 2.96. The van der Waals surface area contributed by atoms with Gasteiger partial charge in [0.1, 0.15) is 0 Å². The van der Waals surface area contributed by atoms with E-state index in [4.69, 9.17) is 0 Å². The van der Waals surface area contributed by atoms with Crippen molar-refractivity contribution >= 4 is 16.2 Å². The summed E-state index contributed by atoms with van der Waals surface area (Å²) in [6, 6.07) is 0. The topological polar surface area (TPSA) is 77.9 Å². The lowest BCUT2D eigenvalue weighted by Crippen LogP contribution is -2.53. The molecule has 0 spiro atoms. The van der Waals surface area contributed by atoms with E-state index in [1.807, 2.05) is 6.92 Å². The number of piperidine rings is 1. The molecule has 1 unspecified atom stereocenters. The Morgan fingerprint density at radius 2 is 1.90 bits per heavy atom. The minimum absolute atomic E-state index is 0.0923. The van der Waals surface area contributed by atoms with Gasteiger partial charge in [0.05, 0.1) is 5.41 Å². The molecule has 1 fully saturated rings. The third-order valence-corrected chi connectivity index (χ3v) is 6.22. The predicted octanol–water partition coefficient (Wildman–Crippen LogP) is 1.54. The number of carboxylic acids is 1. The Bertz CT molecular complexity index is 430. The molecule has 20 heavy (non-hydrogen) atoms. The van der Waals surface area contributed by atoms with E-state index in [1.165, 1.54) is 8.61 Å². The fraction of sp³-hybridized carbons (Fsp3) is 0.923.